The van der Waals surface area contributed by atoms with Crippen molar-refractivity contribution in [3.05, 3.63) is 69.0 Å². The van der Waals surface area contributed by atoms with Crippen molar-refractivity contribution in [1.29, 1.82) is 0 Å². The van der Waals surface area contributed by atoms with Crippen LogP contribution >= 0.6 is 23.4 Å². The molecule has 2 aromatic heterocycles. The van der Waals surface area contributed by atoms with Gasteiger partial charge in [0.1, 0.15) is 0 Å². The summed E-state index contributed by atoms with van der Waals surface area (Å²) >= 11 is 7.63. The minimum Gasteiger partial charge on any atom is -0.354 e. The van der Waals surface area contributed by atoms with E-state index in [1.54, 1.807) is 0 Å². The molecule has 0 fully saturated rings. The number of hydrogen-bond acceptors (Lipinski definition) is 5. The second kappa shape index (κ2) is 9.34. The Kier molecular flexibility index (Phi) is 6.53. The third kappa shape index (κ3) is 4.66. The summed E-state index contributed by atoms with van der Waals surface area (Å²) in [4.78, 5) is 25.5. The Morgan fingerprint density at radius 1 is 1.19 bits per heavy atom. The molecule has 0 atom stereocenters. The maximum atomic E-state index is 13.3. The molecule has 0 spiro atoms. The average Bonchev–Trinajstić information content (AvgIpc) is 3.15. The van der Waals surface area contributed by atoms with Crippen LogP contribution in [0.2, 0.25) is 5.02 Å². The van der Waals surface area contributed by atoms with Crippen molar-refractivity contribution in [3.63, 3.8) is 0 Å². The van der Waals surface area contributed by atoms with Crippen LogP contribution < -0.4 is 10.9 Å². The van der Waals surface area contributed by atoms with Crippen LogP contribution in [0.4, 0.5) is 0 Å². The highest BCUT2D eigenvalue weighted by atomic mass is 35.5. The fourth-order valence-electron chi connectivity index (χ4n) is 3.58. The molecule has 4 rings (SSSR count). The molecule has 9 heteroatoms. The van der Waals surface area contributed by atoms with Crippen molar-refractivity contribution in [2.45, 2.75) is 50.7 Å². The minimum absolute atomic E-state index is 0.0427. The van der Waals surface area contributed by atoms with Crippen LogP contribution in [0.1, 0.15) is 31.4 Å². The topological polar surface area (TPSA) is 81.3 Å². The maximum Gasteiger partial charge on any atom is 0.262 e. The van der Waals surface area contributed by atoms with E-state index in [1.165, 1.54) is 16.3 Å². The zero-order valence-electron chi connectivity index (χ0n) is 18.1. The van der Waals surface area contributed by atoms with Gasteiger partial charge in [0.2, 0.25) is 11.7 Å². The number of fused-ring (bicyclic) bond motifs is 3. The lowest BCUT2D eigenvalue weighted by atomic mass is 10.1. The van der Waals surface area contributed by atoms with Gasteiger partial charge >= 0.3 is 0 Å². The standard InChI is InChI=1S/C23H24ClN5O2S/c1-14(2)25-20(30)9-10-28-21(31)18-11-15(3)7-8-19(18)29-22(28)26-27-23(29)32-13-16-5-4-6-17(24)12-16/h4-8,11-12,14H,9-10,13H2,1-3H3,(H,25,30). The number of carbonyl (C=O) groups excluding carboxylic acids is 1. The Morgan fingerprint density at radius 2 is 2.00 bits per heavy atom. The lowest BCUT2D eigenvalue weighted by Gasteiger charge is -2.13. The van der Waals surface area contributed by atoms with Crippen molar-refractivity contribution in [2.24, 2.45) is 0 Å². The summed E-state index contributed by atoms with van der Waals surface area (Å²) in [5, 5.41) is 13.5. The van der Waals surface area contributed by atoms with Crippen LogP contribution in [0.3, 0.4) is 0 Å². The molecule has 0 saturated heterocycles. The summed E-state index contributed by atoms with van der Waals surface area (Å²) in [6, 6.07) is 13.5. The summed E-state index contributed by atoms with van der Waals surface area (Å²) in [6.45, 7) is 5.98. The SMILES string of the molecule is Cc1ccc2c(c1)c(=O)n(CCC(=O)NC(C)C)c1nnc(SCc3cccc(Cl)c3)n21. The van der Waals surface area contributed by atoms with Gasteiger partial charge in [-0.3, -0.25) is 18.6 Å². The molecule has 1 N–H and O–H groups in total. The Balaban J connectivity index is 1.76. The van der Waals surface area contributed by atoms with Crippen LogP contribution in [0.5, 0.6) is 0 Å². The van der Waals surface area contributed by atoms with Crippen LogP contribution in [-0.4, -0.2) is 31.1 Å². The molecule has 0 bridgehead atoms. The molecule has 0 unspecified atom stereocenters. The van der Waals surface area contributed by atoms with E-state index in [-0.39, 0.29) is 30.5 Å². The third-order valence-corrected chi connectivity index (χ3v) is 6.23. The third-order valence-electron chi connectivity index (χ3n) is 5.00. The van der Waals surface area contributed by atoms with E-state index in [1.807, 2.05) is 67.6 Å². The number of thioether (sulfide) groups is 1. The molecule has 0 aliphatic carbocycles. The zero-order chi connectivity index (χ0) is 22.8. The number of aromatic nitrogens is 4. The number of amides is 1. The van der Waals surface area contributed by atoms with Gasteiger partial charge in [0.05, 0.1) is 10.9 Å². The Bertz CT molecular complexity index is 1360. The van der Waals surface area contributed by atoms with Crippen molar-refractivity contribution in [3.8, 4) is 0 Å². The van der Waals surface area contributed by atoms with E-state index in [4.69, 9.17) is 11.6 Å². The molecular formula is C23H24ClN5O2S. The Morgan fingerprint density at radius 3 is 2.75 bits per heavy atom. The second-order valence-electron chi connectivity index (χ2n) is 7.99. The van der Waals surface area contributed by atoms with Crippen molar-refractivity contribution in [2.75, 3.05) is 0 Å². The first-order valence-corrected chi connectivity index (χ1v) is 11.7. The van der Waals surface area contributed by atoms with Crippen molar-refractivity contribution >= 4 is 46.0 Å². The molecule has 7 nitrogen and oxygen atoms in total. The van der Waals surface area contributed by atoms with E-state index in [0.717, 1.165) is 16.6 Å². The summed E-state index contributed by atoms with van der Waals surface area (Å²) in [5.74, 6) is 0.978. The normalized spacial score (nSPS) is 11.5. The summed E-state index contributed by atoms with van der Waals surface area (Å²) in [6.07, 6.45) is 0.183. The van der Waals surface area contributed by atoms with Crippen LogP contribution in [-0.2, 0) is 17.1 Å². The highest BCUT2D eigenvalue weighted by Gasteiger charge is 2.18. The molecule has 1 amide bonds. The zero-order valence-corrected chi connectivity index (χ0v) is 19.7. The molecule has 2 heterocycles. The Labute approximate surface area is 194 Å². The second-order valence-corrected chi connectivity index (χ2v) is 9.37. The number of halogens is 1. The number of carbonyl (C=O) groups is 1. The molecule has 166 valence electrons. The van der Waals surface area contributed by atoms with Crippen LogP contribution in [0, 0.1) is 6.92 Å². The Hall–Kier alpha value is -2.84. The fraction of sp³-hybridized carbons (Fsp3) is 0.304. The van der Waals surface area contributed by atoms with Crippen LogP contribution in [0.15, 0.2) is 52.4 Å². The smallest absolute Gasteiger partial charge is 0.262 e. The van der Waals surface area contributed by atoms with Gasteiger partial charge in [0.15, 0.2) is 5.16 Å². The van der Waals surface area contributed by atoms with Crippen molar-refractivity contribution in [1.82, 2.24) is 24.5 Å². The lowest BCUT2D eigenvalue weighted by Crippen LogP contribution is -2.32. The van der Waals surface area contributed by atoms with Gasteiger partial charge in [-0.1, -0.05) is 47.1 Å². The summed E-state index contributed by atoms with van der Waals surface area (Å²) < 4.78 is 3.43. The van der Waals surface area contributed by atoms with Gasteiger partial charge in [0, 0.05) is 29.8 Å². The molecule has 0 aliphatic rings. The van der Waals surface area contributed by atoms with Crippen LogP contribution in [0.25, 0.3) is 16.7 Å². The minimum atomic E-state index is -0.174. The number of rotatable bonds is 7. The summed E-state index contributed by atoms with van der Waals surface area (Å²) in [5.41, 5.74) is 2.63. The van der Waals surface area contributed by atoms with E-state index in [0.29, 0.717) is 27.1 Å². The van der Waals surface area contributed by atoms with E-state index in [9.17, 15) is 9.59 Å². The lowest BCUT2D eigenvalue weighted by molar-refractivity contribution is -0.121. The van der Waals surface area contributed by atoms with Gasteiger partial charge < -0.3 is 5.32 Å². The molecule has 2 aromatic carbocycles. The van der Waals surface area contributed by atoms with Gasteiger partial charge in [-0.25, -0.2) is 0 Å². The molecule has 4 aromatic rings. The first-order chi connectivity index (χ1) is 15.3. The van der Waals surface area contributed by atoms with Gasteiger partial charge in [-0.2, -0.15) is 0 Å². The highest BCUT2D eigenvalue weighted by Crippen LogP contribution is 2.26. The molecule has 0 radical (unpaired) electrons. The summed E-state index contributed by atoms with van der Waals surface area (Å²) in [7, 11) is 0. The predicted octanol–water partition coefficient (Wildman–Crippen LogP) is 4.21. The van der Waals surface area contributed by atoms with Crippen molar-refractivity contribution < 1.29 is 4.79 Å². The van der Waals surface area contributed by atoms with Gasteiger partial charge in [-0.05, 0) is 50.6 Å². The monoisotopic (exact) mass is 469 g/mol. The largest absolute Gasteiger partial charge is 0.354 e. The average molecular weight is 470 g/mol. The first kappa shape index (κ1) is 22.4. The molecular weight excluding hydrogens is 446 g/mol. The van der Waals surface area contributed by atoms with Gasteiger partial charge in [0.25, 0.3) is 5.56 Å². The quantitative estimate of drug-likeness (QED) is 0.410. The molecule has 0 saturated carbocycles. The maximum absolute atomic E-state index is 13.3. The first-order valence-electron chi connectivity index (χ1n) is 10.4. The van der Waals surface area contributed by atoms with E-state index >= 15 is 0 Å². The van der Waals surface area contributed by atoms with Gasteiger partial charge in [-0.15, -0.1) is 10.2 Å². The number of benzene rings is 2. The number of nitrogens with one attached hydrogen (secondary N) is 1. The highest BCUT2D eigenvalue weighted by molar-refractivity contribution is 7.98. The number of nitrogens with zero attached hydrogens (tertiary/aromatic N) is 4. The number of hydrogen-bond donors (Lipinski definition) is 1. The molecule has 32 heavy (non-hydrogen) atoms. The van der Waals surface area contributed by atoms with E-state index in [2.05, 4.69) is 15.5 Å². The number of aryl methyl sites for hydroxylation is 2. The fourth-order valence-corrected chi connectivity index (χ4v) is 4.67. The van der Waals surface area contributed by atoms with E-state index < -0.39 is 0 Å². The molecule has 0 aliphatic heterocycles. The predicted molar refractivity (Wildman–Crippen MR) is 128 cm³/mol.